The number of carbonyl (C=O) groups is 4. The third-order valence-electron chi connectivity index (χ3n) is 3.20. The minimum atomic E-state index is -1.06. The number of halogens is 1. The van der Waals surface area contributed by atoms with Gasteiger partial charge < -0.3 is 25.6 Å². The molecular weight excluding hydrogens is 452 g/mol. The summed E-state index contributed by atoms with van der Waals surface area (Å²) in [5, 5.41) is 10.3. The van der Waals surface area contributed by atoms with Crippen LogP contribution in [0.2, 0.25) is 0 Å². The van der Waals surface area contributed by atoms with Crippen molar-refractivity contribution in [3.8, 4) is 11.8 Å². The van der Waals surface area contributed by atoms with E-state index in [9.17, 15) is 19.2 Å². The molecule has 2 rings (SSSR count). The van der Waals surface area contributed by atoms with Gasteiger partial charge in [0.15, 0.2) is 0 Å². The molecule has 0 unspecified atom stereocenters. The van der Waals surface area contributed by atoms with E-state index in [0.717, 1.165) is 4.47 Å². The van der Waals surface area contributed by atoms with E-state index in [1.807, 2.05) is 0 Å². The number of carboxylic acid groups (broad SMARTS) is 1. The zero-order valence-electron chi connectivity index (χ0n) is 15.8. The standard InChI is InChI=1S/C13H13BrN4O4.C4H6O3/c1-21-12-13(22-2)18-9-6(5-16-11(20)10(15)19)3-7(14)4-8(9)17-12;1-3(5)2-4(6)7/h3-4H,5H2,1-2H3,(H2,15,19)(H,16,20);2H2,1H3,(H,6,7). The van der Waals surface area contributed by atoms with E-state index in [2.05, 4.69) is 31.2 Å². The number of benzene rings is 1. The van der Waals surface area contributed by atoms with Crippen LogP contribution in [0, 0.1) is 0 Å². The lowest BCUT2D eigenvalue weighted by atomic mass is 10.1. The van der Waals surface area contributed by atoms with Crippen LogP contribution in [-0.4, -0.2) is 52.9 Å². The molecule has 0 saturated carbocycles. The largest absolute Gasteiger partial charge is 0.481 e. The van der Waals surface area contributed by atoms with Gasteiger partial charge in [-0.25, -0.2) is 9.97 Å². The Bertz CT molecular complexity index is 937. The van der Waals surface area contributed by atoms with Crippen LogP contribution < -0.4 is 20.5 Å². The number of hydrogen-bond acceptors (Lipinski definition) is 8. The van der Waals surface area contributed by atoms with Crippen LogP contribution in [0.3, 0.4) is 0 Å². The number of aliphatic carboxylic acids is 1. The number of methoxy groups -OCH3 is 2. The van der Waals surface area contributed by atoms with Crippen molar-refractivity contribution >= 4 is 50.5 Å². The van der Waals surface area contributed by atoms with Gasteiger partial charge in [0.25, 0.3) is 11.8 Å². The molecule has 29 heavy (non-hydrogen) atoms. The molecule has 0 bridgehead atoms. The van der Waals surface area contributed by atoms with E-state index in [4.69, 9.17) is 20.3 Å². The molecule has 0 saturated heterocycles. The summed E-state index contributed by atoms with van der Waals surface area (Å²) in [5.74, 6) is -2.83. The van der Waals surface area contributed by atoms with Crippen molar-refractivity contribution in [2.24, 2.45) is 5.73 Å². The summed E-state index contributed by atoms with van der Waals surface area (Å²) in [7, 11) is 2.91. The second-order valence-electron chi connectivity index (χ2n) is 5.49. The van der Waals surface area contributed by atoms with Crippen LogP contribution in [-0.2, 0) is 25.7 Å². The van der Waals surface area contributed by atoms with Crippen LogP contribution in [0.5, 0.6) is 11.8 Å². The quantitative estimate of drug-likeness (QED) is 0.402. The van der Waals surface area contributed by atoms with Crippen LogP contribution in [0.4, 0.5) is 0 Å². The molecule has 0 aliphatic heterocycles. The molecule has 1 aromatic carbocycles. The summed E-state index contributed by atoms with van der Waals surface area (Å²) in [6.07, 6.45) is -0.361. The molecule has 1 heterocycles. The predicted octanol–water partition coefficient (Wildman–Crippen LogP) is 0.561. The molecule has 156 valence electrons. The number of ketones is 1. The number of nitrogens with two attached hydrogens (primary N) is 1. The number of amides is 2. The van der Waals surface area contributed by atoms with E-state index in [1.165, 1.54) is 21.1 Å². The van der Waals surface area contributed by atoms with Crippen molar-refractivity contribution in [1.29, 1.82) is 0 Å². The third-order valence-corrected chi connectivity index (χ3v) is 3.66. The summed E-state index contributed by atoms with van der Waals surface area (Å²) in [6, 6.07) is 3.51. The Morgan fingerprint density at radius 2 is 1.72 bits per heavy atom. The number of aromatic nitrogens is 2. The fraction of sp³-hybridized carbons (Fsp3) is 0.294. The van der Waals surface area contributed by atoms with Gasteiger partial charge in [0.05, 0.1) is 25.3 Å². The van der Waals surface area contributed by atoms with Gasteiger partial charge in [0, 0.05) is 16.6 Å². The van der Waals surface area contributed by atoms with Gasteiger partial charge >= 0.3 is 17.8 Å². The van der Waals surface area contributed by atoms with Crippen molar-refractivity contribution in [3.05, 3.63) is 22.2 Å². The topological polar surface area (TPSA) is 171 Å². The van der Waals surface area contributed by atoms with Gasteiger partial charge in [-0.2, -0.15) is 0 Å². The van der Waals surface area contributed by atoms with E-state index in [-0.39, 0.29) is 30.5 Å². The summed E-state index contributed by atoms with van der Waals surface area (Å²) in [6.45, 7) is 1.32. The first-order chi connectivity index (χ1) is 13.6. The molecule has 0 radical (unpaired) electrons. The minimum absolute atomic E-state index is 0.0713. The highest BCUT2D eigenvalue weighted by Gasteiger charge is 2.15. The maximum atomic E-state index is 11.3. The third kappa shape index (κ3) is 7.33. The van der Waals surface area contributed by atoms with Crippen molar-refractivity contribution in [2.45, 2.75) is 19.9 Å². The number of primary amides is 1. The summed E-state index contributed by atoms with van der Waals surface area (Å²) in [5.41, 5.74) is 6.62. The van der Waals surface area contributed by atoms with Crippen molar-refractivity contribution < 1.29 is 33.8 Å². The number of carbonyl (C=O) groups excluding carboxylic acids is 3. The smallest absolute Gasteiger partial charge is 0.310 e. The Morgan fingerprint density at radius 3 is 2.17 bits per heavy atom. The van der Waals surface area contributed by atoms with Gasteiger partial charge in [-0.1, -0.05) is 15.9 Å². The first-order valence-corrected chi connectivity index (χ1v) is 8.75. The van der Waals surface area contributed by atoms with Crippen LogP contribution in [0.15, 0.2) is 16.6 Å². The van der Waals surface area contributed by atoms with E-state index >= 15 is 0 Å². The van der Waals surface area contributed by atoms with Gasteiger partial charge in [-0.05, 0) is 19.1 Å². The fourth-order valence-electron chi connectivity index (χ4n) is 2.04. The predicted molar refractivity (Wildman–Crippen MR) is 104 cm³/mol. The number of carboxylic acids is 1. The Hall–Kier alpha value is -3.28. The summed E-state index contributed by atoms with van der Waals surface area (Å²) < 4.78 is 11.0. The first-order valence-electron chi connectivity index (χ1n) is 7.96. The molecule has 0 fully saturated rings. The molecule has 11 nitrogen and oxygen atoms in total. The Kier molecular flexibility index (Phi) is 8.93. The number of fused-ring (bicyclic) bond motifs is 1. The zero-order valence-corrected chi connectivity index (χ0v) is 17.4. The second kappa shape index (κ2) is 10.9. The molecule has 0 aliphatic rings. The van der Waals surface area contributed by atoms with Gasteiger partial charge in [-0.15, -0.1) is 0 Å². The molecule has 0 spiro atoms. The summed E-state index contributed by atoms with van der Waals surface area (Å²) in [4.78, 5) is 50.2. The zero-order chi connectivity index (χ0) is 22.1. The summed E-state index contributed by atoms with van der Waals surface area (Å²) >= 11 is 3.36. The van der Waals surface area contributed by atoms with Crippen LogP contribution in [0.25, 0.3) is 11.0 Å². The van der Waals surface area contributed by atoms with Crippen LogP contribution in [0.1, 0.15) is 18.9 Å². The Labute approximate surface area is 173 Å². The molecule has 4 N–H and O–H groups in total. The molecule has 2 aromatic rings. The number of nitrogens with one attached hydrogen (secondary N) is 1. The van der Waals surface area contributed by atoms with E-state index < -0.39 is 17.8 Å². The molecule has 2 amide bonds. The van der Waals surface area contributed by atoms with E-state index in [1.54, 1.807) is 12.1 Å². The Balaban J connectivity index is 0.000000516. The average molecular weight is 471 g/mol. The molecule has 1 aromatic heterocycles. The normalized spacial score (nSPS) is 9.79. The minimum Gasteiger partial charge on any atom is -0.481 e. The molecular formula is C17H19BrN4O7. The second-order valence-corrected chi connectivity index (χ2v) is 6.41. The van der Waals surface area contributed by atoms with Gasteiger partial charge in [0.2, 0.25) is 0 Å². The number of rotatable bonds is 6. The number of hydrogen-bond donors (Lipinski definition) is 3. The van der Waals surface area contributed by atoms with Gasteiger partial charge in [-0.3, -0.25) is 19.2 Å². The maximum Gasteiger partial charge on any atom is 0.310 e. The van der Waals surface area contributed by atoms with E-state index in [0.29, 0.717) is 16.6 Å². The lowest BCUT2D eigenvalue weighted by Gasteiger charge is -2.11. The molecule has 12 heteroatoms. The SMILES string of the molecule is CC(=O)CC(=O)O.COc1nc2cc(Br)cc(CNC(=O)C(N)=O)c2nc1OC. The number of nitrogens with zero attached hydrogens (tertiary/aromatic N) is 2. The Morgan fingerprint density at radius 1 is 1.14 bits per heavy atom. The van der Waals surface area contributed by atoms with Gasteiger partial charge in [0.1, 0.15) is 12.2 Å². The lowest BCUT2D eigenvalue weighted by molar-refractivity contribution is -0.139. The van der Waals surface area contributed by atoms with Crippen molar-refractivity contribution in [3.63, 3.8) is 0 Å². The lowest BCUT2D eigenvalue weighted by Crippen LogP contribution is -2.35. The van der Waals surface area contributed by atoms with Crippen molar-refractivity contribution in [1.82, 2.24) is 15.3 Å². The fourth-order valence-corrected chi connectivity index (χ4v) is 2.53. The van der Waals surface area contributed by atoms with Crippen molar-refractivity contribution in [2.75, 3.05) is 14.2 Å². The molecule has 0 aliphatic carbocycles. The highest BCUT2D eigenvalue weighted by Crippen LogP contribution is 2.29. The maximum absolute atomic E-state index is 11.3. The first kappa shape index (κ1) is 23.8. The monoisotopic (exact) mass is 470 g/mol. The number of Topliss-reactive ketones (excluding diaryl/α,β-unsaturated/α-hetero) is 1. The highest BCUT2D eigenvalue weighted by molar-refractivity contribution is 9.10. The molecule has 0 atom stereocenters. The van der Waals surface area contributed by atoms with Crippen LogP contribution >= 0.6 is 15.9 Å². The highest BCUT2D eigenvalue weighted by atomic mass is 79.9. The average Bonchev–Trinajstić information content (AvgIpc) is 2.63. The number of ether oxygens (including phenoxy) is 2.